The molecule has 0 aliphatic rings. The number of hydrogen-bond acceptors (Lipinski definition) is 5. The van der Waals surface area contributed by atoms with Gasteiger partial charge in [0.15, 0.2) is 0 Å². The summed E-state index contributed by atoms with van der Waals surface area (Å²) in [4.78, 5) is 24.5. The van der Waals surface area contributed by atoms with E-state index in [-0.39, 0.29) is 18.5 Å². The van der Waals surface area contributed by atoms with E-state index < -0.39 is 12.1 Å². The van der Waals surface area contributed by atoms with Crippen LogP contribution in [0.4, 0.5) is 0 Å². The third kappa shape index (κ3) is 67.5. The molecule has 0 aliphatic heterocycles. The van der Waals surface area contributed by atoms with Gasteiger partial charge in [0, 0.05) is 12.8 Å². The van der Waals surface area contributed by atoms with Crippen molar-refractivity contribution in [3.63, 3.8) is 0 Å². The van der Waals surface area contributed by atoms with E-state index >= 15 is 0 Å². The number of carbonyl (C=O) groups is 2. The van der Waals surface area contributed by atoms with Crippen molar-refractivity contribution in [3.8, 4) is 0 Å². The van der Waals surface area contributed by atoms with Crippen LogP contribution in [-0.4, -0.2) is 47.4 Å². The van der Waals surface area contributed by atoms with Gasteiger partial charge in [-0.3, -0.25) is 9.59 Å². The van der Waals surface area contributed by atoms with Crippen LogP contribution in [0.25, 0.3) is 0 Å². The smallest absolute Gasteiger partial charge is 0.305 e. The summed E-state index contributed by atoms with van der Waals surface area (Å²) in [5, 5.41) is 23.2. The first-order chi connectivity index (χ1) is 40.5. The Morgan fingerprint density at radius 2 is 0.573 bits per heavy atom. The van der Waals surface area contributed by atoms with Crippen molar-refractivity contribution in [2.45, 2.75) is 437 Å². The standard InChI is InChI=1S/C76H147NO5/c1-3-5-7-9-11-13-15-17-18-42-45-48-52-56-60-64-68-74(79)73(72-78)77-75(80)69-65-61-57-53-49-46-43-40-38-36-34-32-30-28-26-24-22-20-19-21-23-25-27-29-31-33-35-37-39-41-44-47-51-55-59-63-67-71-82-76(81)70-66-62-58-54-50-16-14-12-10-8-6-4-2/h12,14,64,68,73-74,78-79H,3-11,13,15-63,65-67,69-72H2,1-2H3,(H,77,80)/b14-12-,68-64+. The van der Waals surface area contributed by atoms with Crippen LogP contribution >= 0.6 is 0 Å². The number of amides is 1. The molecule has 0 aromatic carbocycles. The highest BCUT2D eigenvalue weighted by Gasteiger charge is 2.18. The van der Waals surface area contributed by atoms with Gasteiger partial charge in [-0.15, -0.1) is 0 Å². The van der Waals surface area contributed by atoms with E-state index in [0.29, 0.717) is 19.4 Å². The molecule has 0 radical (unpaired) electrons. The van der Waals surface area contributed by atoms with Crippen molar-refractivity contribution < 1.29 is 24.5 Å². The largest absolute Gasteiger partial charge is 0.466 e. The minimum absolute atomic E-state index is 0.0136. The highest BCUT2D eigenvalue weighted by atomic mass is 16.5. The minimum atomic E-state index is -0.840. The second-order valence-electron chi connectivity index (χ2n) is 26.0. The molecular weight excluding hydrogens is 1010 g/mol. The molecule has 2 unspecified atom stereocenters. The molecule has 6 nitrogen and oxygen atoms in total. The molecule has 0 rings (SSSR count). The SMILES string of the molecule is CCCCC/C=C\CCCCCCCC(=O)OCCCCCCCCCCCCCCCCCCCCCCCCCCCCCCCCCCCCCCCC(=O)NC(CO)C(O)/C=C/CCCCCCCCCCCCCCCC. The fraction of sp³-hybridized carbons (Fsp3) is 0.921. The van der Waals surface area contributed by atoms with Crippen molar-refractivity contribution in [3.05, 3.63) is 24.3 Å². The first kappa shape index (κ1) is 80.3. The van der Waals surface area contributed by atoms with Crippen LogP contribution in [0.5, 0.6) is 0 Å². The number of rotatable bonds is 71. The molecule has 486 valence electrons. The Morgan fingerprint density at radius 1 is 0.329 bits per heavy atom. The zero-order valence-corrected chi connectivity index (χ0v) is 55.8. The summed E-state index contributed by atoms with van der Waals surface area (Å²) in [5.41, 5.74) is 0. The molecule has 0 fully saturated rings. The van der Waals surface area contributed by atoms with E-state index in [4.69, 9.17) is 4.74 Å². The monoisotopic (exact) mass is 1150 g/mol. The lowest BCUT2D eigenvalue weighted by molar-refractivity contribution is -0.143. The van der Waals surface area contributed by atoms with E-state index in [1.807, 2.05) is 6.08 Å². The number of carbonyl (C=O) groups excluding carboxylic acids is 2. The van der Waals surface area contributed by atoms with Gasteiger partial charge < -0.3 is 20.3 Å². The fourth-order valence-electron chi connectivity index (χ4n) is 12.0. The van der Waals surface area contributed by atoms with E-state index in [2.05, 4.69) is 31.3 Å². The lowest BCUT2D eigenvalue weighted by atomic mass is 10.0. The third-order valence-corrected chi connectivity index (χ3v) is 17.7. The number of aliphatic hydroxyl groups excluding tert-OH is 2. The van der Waals surface area contributed by atoms with Crippen molar-refractivity contribution in [1.29, 1.82) is 0 Å². The Morgan fingerprint density at radius 3 is 0.890 bits per heavy atom. The number of aliphatic hydroxyl groups is 2. The van der Waals surface area contributed by atoms with Gasteiger partial charge in [0.25, 0.3) is 0 Å². The third-order valence-electron chi connectivity index (χ3n) is 17.7. The summed E-state index contributed by atoms with van der Waals surface area (Å²) in [7, 11) is 0. The quantitative estimate of drug-likeness (QED) is 0.0320. The number of esters is 1. The van der Waals surface area contributed by atoms with E-state index in [1.54, 1.807) is 6.08 Å². The summed E-state index contributed by atoms with van der Waals surface area (Å²) in [6.07, 6.45) is 91.5. The van der Waals surface area contributed by atoms with Crippen LogP contribution in [0, 0.1) is 0 Å². The van der Waals surface area contributed by atoms with Gasteiger partial charge in [0.05, 0.1) is 25.4 Å². The molecule has 2 atom stereocenters. The second-order valence-corrected chi connectivity index (χ2v) is 26.0. The topological polar surface area (TPSA) is 95.9 Å². The molecule has 0 aromatic heterocycles. The molecule has 6 heteroatoms. The molecule has 0 spiro atoms. The minimum Gasteiger partial charge on any atom is -0.466 e. The number of allylic oxidation sites excluding steroid dienone is 3. The number of unbranched alkanes of at least 4 members (excludes halogenated alkanes) is 58. The lowest BCUT2D eigenvalue weighted by Crippen LogP contribution is -2.45. The molecule has 82 heavy (non-hydrogen) atoms. The predicted octanol–water partition coefficient (Wildman–Crippen LogP) is 24.5. The molecule has 0 aromatic rings. The van der Waals surface area contributed by atoms with Crippen molar-refractivity contribution in [2.75, 3.05) is 13.2 Å². The Bertz CT molecular complexity index is 1280. The van der Waals surface area contributed by atoms with Gasteiger partial charge in [-0.2, -0.15) is 0 Å². The Balaban J connectivity index is 3.31. The van der Waals surface area contributed by atoms with E-state index in [1.165, 1.54) is 353 Å². The molecule has 3 N–H and O–H groups in total. The van der Waals surface area contributed by atoms with Crippen molar-refractivity contribution in [1.82, 2.24) is 5.32 Å². The van der Waals surface area contributed by atoms with Gasteiger partial charge in [-0.05, 0) is 57.8 Å². The molecule has 0 heterocycles. The fourth-order valence-corrected chi connectivity index (χ4v) is 12.0. The highest BCUT2D eigenvalue weighted by Crippen LogP contribution is 2.20. The Hall–Kier alpha value is -1.66. The molecular formula is C76H147NO5. The predicted molar refractivity (Wildman–Crippen MR) is 361 cm³/mol. The normalized spacial score (nSPS) is 12.6. The van der Waals surface area contributed by atoms with Gasteiger partial charge in [-0.1, -0.05) is 378 Å². The van der Waals surface area contributed by atoms with Crippen LogP contribution in [0.1, 0.15) is 425 Å². The molecule has 0 bridgehead atoms. The van der Waals surface area contributed by atoms with Crippen LogP contribution in [-0.2, 0) is 14.3 Å². The van der Waals surface area contributed by atoms with E-state index in [9.17, 15) is 19.8 Å². The van der Waals surface area contributed by atoms with Crippen molar-refractivity contribution >= 4 is 11.9 Å². The van der Waals surface area contributed by atoms with E-state index in [0.717, 1.165) is 44.9 Å². The molecule has 0 saturated heterocycles. The van der Waals surface area contributed by atoms with Crippen LogP contribution in [0.2, 0.25) is 0 Å². The molecule has 0 saturated carbocycles. The summed E-state index contributed by atoms with van der Waals surface area (Å²) < 4.78 is 5.48. The summed E-state index contributed by atoms with van der Waals surface area (Å²) in [6, 6.07) is -0.623. The maximum absolute atomic E-state index is 12.5. The maximum Gasteiger partial charge on any atom is 0.305 e. The van der Waals surface area contributed by atoms with Gasteiger partial charge in [0.2, 0.25) is 5.91 Å². The van der Waals surface area contributed by atoms with Crippen LogP contribution in [0.3, 0.4) is 0 Å². The summed E-state index contributed by atoms with van der Waals surface area (Å²) in [5.74, 6) is -0.0454. The van der Waals surface area contributed by atoms with Gasteiger partial charge >= 0.3 is 5.97 Å². The highest BCUT2D eigenvalue weighted by molar-refractivity contribution is 5.76. The summed E-state index contributed by atoms with van der Waals surface area (Å²) in [6.45, 7) is 4.92. The zero-order valence-electron chi connectivity index (χ0n) is 55.8. The molecule has 1 amide bonds. The van der Waals surface area contributed by atoms with Gasteiger partial charge in [-0.25, -0.2) is 0 Å². The maximum atomic E-state index is 12.5. The molecule has 0 aliphatic carbocycles. The number of nitrogens with one attached hydrogen (secondary N) is 1. The van der Waals surface area contributed by atoms with Crippen molar-refractivity contribution in [2.24, 2.45) is 0 Å². The number of ether oxygens (including phenoxy) is 1. The first-order valence-corrected chi connectivity index (χ1v) is 37.6. The first-order valence-electron chi connectivity index (χ1n) is 37.6. The zero-order chi connectivity index (χ0) is 59.2. The van der Waals surface area contributed by atoms with Crippen LogP contribution in [0.15, 0.2) is 24.3 Å². The lowest BCUT2D eigenvalue weighted by Gasteiger charge is -2.20. The number of hydrogen-bond donors (Lipinski definition) is 3. The second kappa shape index (κ2) is 71.8. The summed E-state index contributed by atoms with van der Waals surface area (Å²) >= 11 is 0. The Kier molecular flexibility index (Phi) is 70.4. The van der Waals surface area contributed by atoms with Crippen LogP contribution < -0.4 is 5.32 Å². The van der Waals surface area contributed by atoms with Gasteiger partial charge in [0.1, 0.15) is 0 Å². The Labute approximate surface area is 513 Å². The average Bonchev–Trinajstić information content (AvgIpc) is 3.48. The average molecular weight is 1160 g/mol.